The number of hydrogen-bond acceptors (Lipinski definition) is 3. The van der Waals surface area contributed by atoms with Crippen LogP contribution in [-0.2, 0) is 6.54 Å². The Morgan fingerprint density at radius 1 is 1.50 bits per heavy atom. The Morgan fingerprint density at radius 2 is 2.25 bits per heavy atom. The van der Waals surface area contributed by atoms with Crippen LogP contribution in [0.15, 0.2) is 18.2 Å². The van der Waals surface area contributed by atoms with Crippen LogP contribution in [0.3, 0.4) is 0 Å². The highest BCUT2D eigenvalue weighted by Crippen LogP contribution is 2.18. The summed E-state index contributed by atoms with van der Waals surface area (Å²) in [6.45, 7) is 5.81. The number of phenols is 1. The lowest BCUT2D eigenvalue weighted by Gasteiger charge is -2.37. The van der Waals surface area contributed by atoms with Crippen molar-refractivity contribution in [3.05, 3.63) is 29.6 Å². The molecule has 0 spiro atoms. The molecule has 2 rings (SSSR count). The molecular formula is C12H17FN2O. The third-order valence-corrected chi connectivity index (χ3v) is 3.08. The van der Waals surface area contributed by atoms with Crippen molar-refractivity contribution in [3.8, 4) is 5.75 Å². The summed E-state index contributed by atoms with van der Waals surface area (Å²) >= 11 is 0. The van der Waals surface area contributed by atoms with Crippen LogP contribution in [-0.4, -0.2) is 35.7 Å². The maximum absolute atomic E-state index is 13.1. The number of rotatable bonds is 4. The van der Waals surface area contributed by atoms with Gasteiger partial charge in [-0.25, -0.2) is 4.39 Å². The predicted molar refractivity (Wildman–Crippen MR) is 60.8 cm³/mol. The topological polar surface area (TPSA) is 35.5 Å². The smallest absolute Gasteiger partial charge is 0.165 e. The van der Waals surface area contributed by atoms with E-state index in [1.54, 1.807) is 6.07 Å². The molecule has 0 unspecified atom stereocenters. The van der Waals surface area contributed by atoms with Gasteiger partial charge < -0.3 is 10.4 Å². The van der Waals surface area contributed by atoms with Crippen molar-refractivity contribution in [1.82, 2.24) is 10.2 Å². The summed E-state index contributed by atoms with van der Waals surface area (Å²) in [6, 6.07) is 5.15. The second-order valence-corrected chi connectivity index (χ2v) is 4.16. The van der Waals surface area contributed by atoms with Crippen molar-refractivity contribution in [2.24, 2.45) is 0 Å². The molecule has 0 amide bonds. The van der Waals surface area contributed by atoms with Gasteiger partial charge in [0.1, 0.15) is 0 Å². The normalized spacial score (nSPS) is 16.4. The van der Waals surface area contributed by atoms with Gasteiger partial charge in [0.15, 0.2) is 11.6 Å². The number of nitrogens with one attached hydrogen (secondary N) is 1. The van der Waals surface area contributed by atoms with Crippen LogP contribution in [0.1, 0.15) is 12.5 Å². The Hall–Kier alpha value is -1.13. The van der Waals surface area contributed by atoms with Gasteiger partial charge in [0, 0.05) is 25.7 Å². The molecule has 1 saturated heterocycles. The monoisotopic (exact) mass is 224 g/mol. The molecule has 0 aliphatic carbocycles. The van der Waals surface area contributed by atoms with Crippen molar-refractivity contribution in [3.63, 3.8) is 0 Å². The van der Waals surface area contributed by atoms with Crippen molar-refractivity contribution in [1.29, 1.82) is 0 Å². The second-order valence-electron chi connectivity index (χ2n) is 4.16. The van der Waals surface area contributed by atoms with Gasteiger partial charge in [-0.3, -0.25) is 4.90 Å². The average Bonchev–Trinajstić information content (AvgIpc) is 2.20. The fourth-order valence-corrected chi connectivity index (χ4v) is 1.91. The largest absolute Gasteiger partial charge is 0.505 e. The summed E-state index contributed by atoms with van der Waals surface area (Å²) in [7, 11) is 0. The van der Waals surface area contributed by atoms with Crippen molar-refractivity contribution in [2.45, 2.75) is 19.5 Å². The summed E-state index contributed by atoms with van der Waals surface area (Å²) < 4.78 is 13.1. The molecule has 1 aliphatic rings. The van der Waals surface area contributed by atoms with E-state index in [1.165, 1.54) is 12.1 Å². The molecular weight excluding hydrogens is 207 g/mol. The number of nitrogens with zero attached hydrogens (tertiary/aromatic N) is 1. The Balaban J connectivity index is 2.03. The van der Waals surface area contributed by atoms with E-state index in [2.05, 4.69) is 17.1 Å². The zero-order valence-electron chi connectivity index (χ0n) is 9.41. The number of likely N-dealkylation sites (N-methyl/N-ethyl adjacent to an activating group) is 1. The maximum Gasteiger partial charge on any atom is 0.165 e. The van der Waals surface area contributed by atoms with Gasteiger partial charge in [0.25, 0.3) is 0 Å². The minimum Gasteiger partial charge on any atom is -0.505 e. The molecule has 1 aromatic rings. The number of aromatic hydroxyl groups is 1. The highest BCUT2D eigenvalue weighted by atomic mass is 19.1. The van der Waals surface area contributed by atoms with E-state index in [4.69, 9.17) is 5.11 Å². The van der Waals surface area contributed by atoms with Gasteiger partial charge >= 0.3 is 0 Å². The Kier molecular flexibility index (Phi) is 3.41. The first-order valence-corrected chi connectivity index (χ1v) is 5.63. The maximum atomic E-state index is 13.1. The van der Waals surface area contributed by atoms with Crippen LogP contribution in [0.25, 0.3) is 0 Å². The Morgan fingerprint density at radius 3 is 2.75 bits per heavy atom. The molecule has 3 nitrogen and oxygen atoms in total. The van der Waals surface area contributed by atoms with Crippen molar-refractivity contribution in [2.75, 3.05) is 19.6 Å². The first kappa shape index (κ1) is 11.4. The minimum absolute atomic E-state index is 0.280. The van der Waals surface area contributed by atoms with Crippen LogP contribution < -0.4 is 5.32 Å². The van der Waals surface area contributed by atoms with E-state index < -0.39 is 5.82 Å². The van der Waals surface area contributed by atoms with E-state index in [0.717, 1.165) is 31.7 Å². The standard InChI is InChI=1S/C12H17FN2O/c1-2-15(10-6-14-7-10)8-9-3-4-12(16)11(13)5-9/h3-5,10,14,16H,2,6-8H2,1H3. The molecule has 1 heterocycles. The van der Waals surface area contributed by atoms with Gasteiger partial charge in [-0.15, -0.1) is 0 Å². The molecule has 0 bridgehead atoms. The minimum atomic E-state index is -0.541. The quantitative estimate of drug-likeness (QED) is 0.809. The second kappa shape index (κ2) is 4.80. The van der Waals surface area contributed by atoms with Gasteiger partial charge in [-0.1, -0.05) is 13.0 Å². The lowest BCUT2D eigenvalue weighted by Crippen LogP contribution is -2.56. The van der Waals surface area contributed by atoms with Gasteiger partial charge in [-0.05, 0) is 24.2 Å². The fraction of sp³-hybridized carbons (Fsp3) is 0.500. The summed E-state index contributed by atoms with van der Waals surface area (Å²) in [6.07, 6.45) is 0. The van der Waals surface area contributed by atoms with E-state index in [-0.39, 0.29) is 5.75 Å². The highest BCUT2D eigenvalue weighted by Gasteiger charge is 2.23. The van der Waals surface area contributed by atoms with Crippen molar-refractivity contribution >= 4 is 0 Å². The van der Waals surface area contributed by atoms with Gasteiger partial charge in [0.05, 0.1) is 0 Å². The van der Waals surface area contributed by atoms with E-state index in [1.807, 2.05) is 0 Å². The SMILES string of the molecule is CCN(Cc1ccc(O)c(F)c1)C1CNC1. The number of hydrogen-bond donors (Lipinski definition) is 2. The Labute approximate surface area is 94.9 Å². The van der Waals surface area contributed by atoms with Crippen LogP contribution in [0, 0.1) is 5.82 Å². The lowest BCUT2D eigenvalue weighted by molar-refractivity contribution is 0.145. The number of phenolic OH excluding ortho intramolecular Hbond substituents is 1. The zero-order valence-corrected chi connectivity index (χ0v) is 9.41. The predicted octanol–water partition coefficient (Wildman–Crippen LogP) is 1.32. The molecule has 1 fully saturated rings. The summed E-state index contributed by atoms with van der Waals surface area (Å²) in [5.41, 5.74) is 0.907. The first-order valence-electron chi connectivity index (χ1n) is 5.63. The molecule has 0 aromatic heterocycles. The van der Waals surface area contributed by atoms with Crippen LogP contribution in [0.4, 0.5) is 4.39 Å². The van der Waals surface area contributed by atoms with Crippen LogP contribution in [0.5, 0.6) is 5.75 Å². The molecule has 16 heavy (non-hydrogen) atoms. The van der Waals surface area contributed by atoms with E-state index in [9.17, 15) is 4.39 Å². The first-order chi connectivity index (χ1) is 7.70. The molecule has 0 radical (unpaired) electrons. The number of benzene rings is 1. The molecule has 88 valence electrons. The third-order valence-electron chi connectivity index (χ3n) is 3.08. The Bertz CT molecular complexity index is 366. The molecule has 0 saturated carbocycles. The molecule has 0 atom stereocenters. The summed E-state index contributed by atoms with van der Waals surface area (Å²) in [5.74, 6) is -0.822. The van der Waals surface area contributed by atoms with Crippen LogP contribution >= 0.6 is 0 Å². The van der Waals surface area contributed by atoms with Gasteiger partial charge in [0.2, 0.25) is 0 Å². The van der Waals surface area contributed by atoms with E-state index in [0.29, 0.717) is 6.04 Å². The van der Waals surface area contributed by atoms with E-state index >= 15 is 0 Å². The zero-order chi connectivity index (χ0) is 11.5. The lowest BCUT2D eigenvalue weighted by atomic mass is 10.1. The summed E-state index contributed by atoms with van der Waals surface area (Å²) in [5, 5.41) is 12.3. The molecule has 2 N–H and O–H groups in total. The molecule has 4 heteroatoms. The third kappa shape index (κ3) is 2.33. The number of halogens is 1. The average molecular weight is 224 g/mol. The summed E-state index contributed by atoms with van der Waals surface area (Å²) in [4.78, 5) is 2.31. The fourth-order valence-electron chi connectivity index (χ4n) is 1.91. The van der Waals surface area contributed by atoms with Crippen molar-refractivity contribution < 1.29 is 9.50 Å². The van der Waals surface area contributed by atoms with Crippen LogP contribution in [0.2, 0.25) is 0 Å². The molecule has 1 aromatic carbocycles. The highest BCUT2D eigenvalue weighted by molar-refractivity contribution is 5.28. The molecule has 1 aliphatic heterocycles. The van der Waals surface area contributed by atoms with Gasteiger partial charge in [-0.2, -0.15) is 0 Å².